The first-order valence-electron chi connectivity index (χ1n) is 8.92. The van der Waals surface area contributed by atoms with E-state index in [2.05, 4.69) is 26.7 Å². The van der Waals surface area contributed by atoms with Crippen molar-refractivity contribution >= 4 is 52.9 Å². The van der Waals surface area contributed by atoms with Crippen LogP contribution >= 0.6 is 35.3 Å². The number of carbonyl (C=O) groups is 1. The summed E-state index contributed by atoms with van der Waals surface area (Å²) in [5.74, 6) is 0.677. The van der Waals surface area contributed by atoms with Gasteiger partial charge in [-0.3, -0.25) is 4.79 Å². The number of para-hydroxylation sites is 1. The maximum atomic E-state index is 12.6. The molecule has 0 saturated heterocycles. The molecule has 1 amide bonds. The molecule has 0 bridgehead atoms. The van der Waals surface area contributed by atoms with Gasteiger partial charge in [-0.2, -0.15) is 0 Å². The number of aromatic nitrogens is 1. The van der Waals surface area contributed by atoms with E-state index in [0.29, 0.717) is 12.5 Å². The molecule has 0 spiro atoms. The lowest BCUT2D eigenvalue weighted by atomic mass is 10.2. The predicted molar refractivity (Wildman–Crippen MR) is 122 cm³/mol. The van der Waals surface area contributed by atoms with Crippen LogP contribution in [0.15, 0.2) is 29.3 Å². The van der Waals surface area contributed by atoms with Crippen molar-refractivity contribution in [3.63, 3.8) is 0 Å². The highest BCUT2D eigenvalue weighted by atomic mass is 127. The van der Waals surface area contributed by atoms with Crippen LogP contribution in [-0.2, 0) is 17.8 Å². The number of thiazole rings is 1. The zero-order chi connectivity index (χ0) is 18.5. The van der Waals surface area contributed by atoms with Crippen molar-refractivity contribution in [3.05, 3.63) is 45.4 Å². The smallest absolute Gasteiger partial charge is 0.248 e. The van der Waals surface area contributed by atoms with Crippen molar-refractivity contribution < 1.29 is 4.79 Å². The molecule has 1 aliphatic heterocycles. The number of aryl methyl sites for hydroxylation is 2. The molecular formula is C19H26IN5OS. The van der Waals surface area contributed by atoms with Crippen LogP contribution in [0.4, 0.5) is 5.69 Å². The third kappa shape index (κ3) is 5.41. The zero-order valence-electron chi connectivity index (χ0n) is 15.9. The Hall–Kier alpha value is -1.68. The molecule has 8 heteroatoms. The molecule has 0 radical (unpaired) electrons. The van der Waals surface area contributed by atoms with Gasteiger partial charge in [-0.05, 0) is 38.8 Å². The molecule has 1 aromatic carbocycles. The SMILES string of the molecule is CCNC(=NCC(=O)N1CCc2ccccc21)NCc1sc(C)nc1C.I. The largest absolute Gasteiger partial charge is 0.357 e. The molecule has 1 aliphatic rings. The second-order valence-corrected chi connectivity index (χ2v) is 7.50. The molecule has 2 N–H and O–H groups in total. The normalized spacial score (nSPS) is 13.1. The maximum Gasteiger partial charge on any atom is 0.248 e. The number of anilines is 1. The fourth-order valence-corrected chi connectivity index (χ4v) is 3.95. The number of carbonyl (C=O) groups excluding carboxylic acids is 1. The molecule has 0 unspecified atom stereocenters. The third-order valence-corrected chi connectivity index (χ3v) is 5.39. The Bertz CT molecular complexity index is 820. The van der Waals surface area contributed by atoms with Gasteiger partial charge in [0.1, 0.15) is 6.54 Å². The summed E-state index contributed by atoms with van der Waals surface area (Å²) in [6, 6.07) is 8.07. The number of hydrogen-bond donors (Lipinski definition) is 2. The first-order chi connectivity index (χ1) is 12.6. The molecule has 27 heavy (non-hydrogen) atoms. The standard InChI is InChI=1S/C19H25N5OS.HI/c1-4-20-19(21-11-17-13(2)23-14(3)26-17)22-12-18(25)24-10-9-15-7-5-6-8-16(15)24;/h5-8H,4,9-12H2,1-3H3,(H2,20,21,22);1H. The average Bonchev–Trinajstić information content (AvgIpc) is 3.20. The minimum absolute atomic E-state index is 0. The Morgan fingerprint density at radius 2 is 2.07 bits per heavy atom. The van der Waals surface area contributed by atoms with Crippen LogP contribution in [0, 0.1) is 13.8 Å². The van der Waals surface area contributed by atoms with E-state index in [0.717, 1.165) is 35.9 Å². The summed E-state index contributed by atoms with van der Waals surface area (Å²) in [6.45, 7) is 8.29. The van der Waals surface area contributed by atoms with E-state index in [9.17, 15) is 4.79 Å². The second-order valence-electron chi connectivity index (χ2n) is 6.21. The minimum Gasteiger partial charge on any atom is -0.357 e. The fourth-order valence-electron chi connectivity index (χ4n) is 3.07. The fraction of sp³-hybridized carbons (Fsp3) is 0.421. The molecule has 0 aliphatic carbocycles. The molecule has 0 fully saturated rings. The van der Waals surface area contributed by atoms with Gasteiger partial charge in [0.05, 0.1) is 17.2 Å². The van der Waals surface area contributed by atoms with Crippen molar-refractivity contribution in [2.24, 2.45) is 4.99 Å². The van der Waals surface area contributed by atoms with E-state index in [1.54, 1.807) is 11.3 Å². The van der Waals surface area contributed by atoms with Gasteiger partial charge < -0.3 is 15.5 Å². The van der Waals surface area contributed by atoms with E-state index < -0.39 is 0 Å². The number of amides is 1. The number of aliphatic imine (C=N–C) groups is 1. The summed E-state index contributed by atoms with van der Waals surface area (Å²) in [7, 11) is 0. The monoisotopic (exact) mass is 499 g/mol. The predicted octanol–water partition coefficient (Wildman–Crippen LogP) is 3.02. The van der Waals surface area contributed by atoms with E-state index in [1.165, 1.54) is 10.4 Å². The van der Waals surface area contributed by atoms with Gasteiger partial charge >= 0.3 is 0 Å². The lowest BCUT2D eigenvalue weighted by Crippen LogP contribution is -2.38. The van der Waals surface area contributed by atoms with E-state index in [-0.39, 0.29) is 36.4 Å². The number of guanidine groups is 1. The van der Waals surface area contributed by atoms with Gasteiger partial charge in [0.2, 0.25) is 5.91 Å². The molecule has 1 aromatic heterocycles. The summed E-state index contributed by atoms with van der Waals surface area (Å²) >= 11 is 1.68. The summed E-state index contributed by atoms with van der Waals surface area (Å²) in [5.41, 5.74) is 3.29. The Balaban J connectivity index is 0.00000261. The van der Waals surface area contributed by atoms with Gasteiger partial charge in [0, 0.05) is 23.7 Å². The molecule has 3 rings (SSSR count). The van der Waals surface area contributed by atoms with Crippen LogP contribution in [0.2, 0.25) is 0 Å². The van der Waals surface area contributed by atoms with Crippen LogP contribution in [0.3, 0.4) is 0 Å². The number of benzene rings is 1. The van der Waals surface area contributed by atoms with Gasteiger partial charge in [-0.25, -0.2) is 9.98 Å². The number of halogens is 1. The summed E-state index contributed by atoms with van der Waals surface area (Å²) < 4.78 is 0. The highest BCUT2D eigenvalue weighted by Crippen LogP contribution is 2.27. The average molecular weight is 499 g/mol. The molecule has 2 aromatic rings. The highest BCUT2D eigenvalue weighted by molar-refractivity contribution is 14.0. The number of hydrogen-bond acceptors (Lipinski definition) is 4. The highest BCUT2D eigenvalue weighted by Gasteiger charge is 2.23. The van der Waals surface area contributed by atoms with Crippen LogP contribution in [0.25, 0.3) is 0 Å². The van der Waals surface area contributed by atoms with E-state index in [4.69, 9.17) is 0 Å². The molecule has 0 atom stereocenters. The summed E-state index contributed by atoms with van der Waals surface area (Å²) in [6.07, 6.45) is 0.911. The Morgan fingerprint density at radius 3 is 2.78 bits per heavy atom. The Morgan fingerprint density at radius 1 is 1.30 bits per heavy atom. The van der Waals surface area contributed by atoms with Crippen LogP contribution in [-0.4, -0.2) is 36.5 Å². The van der Waals surface area contributed by atoms with Gasteiger partial charge in [0.25, 0.3) is 0 Å². The first kappa shape index (κ1) is 21.6. The van der Waals surface area contributed by atoms with Crippen molar-refractivity contribution in [3.8, 4) is 0 Å². The molecule has 0 saturated carbocycles. The zero-order valence-corrected chi connectivity index (χ0v) is 19.1. The number of nitrogens with one attached hydrogen (secondary N) is 2. The number of fused-ring (bicyclic) bond motifs is 1. The lowest BCUT2D eigenvalue weighted by Gasteiger charge is -2.17. The second kappa shape index (κ2) is 10.0. The summed E-state index contributed by atoms with van der Waals surface area (Å²) in [4.78, 5) is 24.5. The van der Waals surface area contributed by atoms with Crippen LogP contribution in [0.1, 0.15) is 28.1 Å². The quantitative estimate of drug-likeness (QED) is 0.377. The minimum atomic E-state index is 0. The van der Waals surface area contributed by atoms with Gasteiger partial charge in [-0.1, -0.05) is 18.2 Å². The van der Waals surface area contributed by atoms with Gasteiger partial charge in [0.15, 0.2) is 5.96 Å². The maximum absolute atomic E-state index is 12.6. The lowest BCUT2D eigenvalue weighted by molar-refractivity contribution is -0.117. The van der Waals surface area contributed by atoms with Crippen molar-refractivity contribution in [2.75, 3.05) is 24.5 Å². The third-order valence-electron chi connectivity index (χ3n) is 4.32. The molecule has 146 valence electrons. The Labute approximate surface area is 181 Å². The van der Waals surface area contributed by atoms with Gasteiger partial charge in [-0.15, -0.1) is 35.3 Å². The topological polar surface area (TPSA) is 69.6 Å². The number of rotatable bonds is 5. The van der Waals surface area contributed by atoms with E-state index >= 15 is 0 Å². The van der Waals surface area contributed by atoms with E-state index in [1.807, 2.05) is 43.9 Å². The van der Waals surface area contributed by atoms with Crippen LogP contribution in [0.5, 0.6) is 0 Å². The summed E-state index contributed by atoms with van der Waals surface area (Å²) in [5, 5.41) is 7.55. The Kier molecular flexibility index (Phi) is 8.03. The van der Waals surface area contributed by atoms with Crippen LogP contribution < -0.4 is 15.5 Å². The van der Waals surface area contributed by atoms with Crippen molar-refractivity contribution in [2.45, 2.75) is 33.7 Å². The molecule has 2 heterocycles. The number of nitrogens with zero attached hydrogens (tertiary/aromatic N) is 3. The first-order valence-corrected chi connectivity index (χ1v) is 9.73. The molecular weight excluding hydrogens is 473 g/mol. The van der Waals surface area contributed by atoms with Crippen molar-refractivity contribution in [1.82, 2.24) is 15.6 Å². The molecule has 6 nitrogen and oxygen atoms in total. The van der Waals surface area contributed by atoms with Crippen molar-refractivity contribution in [1.29, 1.82) is 0 Å².